The summed E-state index contributed by atoms with van der Waals surface area (Å²) in [7, 11) is 0. The first kappa shape index (κ1) is 18.8. The predicted octanol–water partition coefficient (Wildman–Crippen LogP) is 3.47. The Hall–Kier alpha value is -1.55. The first-order valence-electron chi connectivity index (χ1n) is 8.93. The van der Waals surface area contributed by atoms with Crippen LogP contribution >= 0.6 is 0 Å². The summed E-state index contributed by atoms with van der Waals surface area (Å²) in [5.41, 5.74) is 8.62. The van der Waals surface area contributed by atoms with Crippen molar-refractivity contribution >= 4 is 5.91 Å². The molecule has 2 unspecified atom stereocenters. The molecule has 4 nitrogen and oxygen atoms in total. The molecule has 1 fully saturated rings. The van der Waals surface area contributed by atoms with Crippen LogP contribution in [0.2, 0.25) is 0 Å². The maximum absolute atomic E-state index is 12.7. The average Bonchev–Trinajstić information content (AvgIpc) is 2.48. The number of carbonyl (C=O) groups is 1. The van der Waals surface area contributed by atoms with E-state index in [1.165, 1.54) is 11.1 Å². The Kier molecular flexibility index (Phi) is 5.59. The minimum Gasteiger partial charge on any atom is -0.481 e. The zero-order valence-electron chi connectivity index (χ0n) is 15.9. The second-order valence-electron chi connectivity index (χ2n) is 8.08. The third-order valence-electron chi connectivity index (χ3n) is 5.15. The van der Waals surface area contributed by atoms with Crippen LogP contribution in [0, 0.1) is 12.3 Å². The van der Waals surface area contributed by atoms with Crippen LogP contribution in [0.4, 0.5) is 0 Å². The molecule has 2 rings (SSSR count). The maximum Gasteiger partial charge on any atom is 0.263 e. The van der Waals surface area contributed by atoms with Crippen LogP contribution in [0.25, 0.3) is 0 Å². The summed E-state index contributed by atoms with van der Waals surface area (Å²) < 4.78 is 5.92. The molecule has 2 atom stereocenters. The SMILES string of the molecule is Cc1cc(OC(C)C(=O)N2CCC(N)C(C)(C)C2)ccc1C(C)C. The molecule has 2 N–H and O–H groups in total. The molecule has 24 heavy (non-hydrogen) atoms. The Labute approximate surface area is 146 Å². The quantitative estimate of drug-likeness (QED) is 0.918. The largest absolute Gasteiger partial charge is 0.481 e. The Bertz CT molecular complexity index is 595. The molecule has 4 heteroatoms. The highest BCUT2D eigenvalue weighted by atomic mass is 16.5. The fraction of sp³-hybridized carbons (Fsp3) is 0.650. The minimum absolute atomic E-state index is 0.0422. The number of ether oxygens (including phenoxy) is 1. The van der Waals surface area contributed by atoms with E-state index in [0.29, 0.717) is 19.0 Å². The lowest BCUT2D eigenvalue weighted by molar-refractivity contribution is -0.141. The van der Waals surface area contributed by atoms with E-state index in [4.69, 9.17) is 10.5 Å². The molecule has 1 heterocycles. The smallest absolute Gasteiger partial charge is 0.263 e. The number of likely N-dealkylation sites (tertiary alicyclic amines) is 1. The molecule has 1 aromatic carbocycles. The lowest BCUT2D eigenvalue weighted by Gasteiger charge is -2.43. The van der Waals surface area contributed by atoms with Crippen molar-refractivity contribution in [3.05, 3.63) is 29.3 Å². The van der Waals surface area contributed by atoms with E-state index < -0.39 is 6.10 Å². The third kappa shape index (κ3) is 4.10. The fourth-order valence-corrected chi connectivity index (χ4v) is 3.44. The molecule has 1 aliphatic heterocycles. The van der Waals surface area contributed by atoms with E-state index in [0.717, 1.165) is 12.2 Å². The number of amides is 1. The Morgan fingerprint density at radius 2 is 2.00 bits per heavy atom. The number of rotatable bonds is 4. The van der Waals surface area contributed by atoms with Gasteiger partial charge in [-0.05, 0) is 54.9 Å². The molecule has 1 aliphatic rings. The van der Waals surface area contributed by atoms with E-state index in [9.17, 15) is 4.79 Å². The van der Waals surface area contributed by atoms with E-state index in [1.54, 1.807) is 0 Å². The van der Waals surface area contributed by atoms with Gasteiger partial charge in [0.2, 0.25) is 0 Å². The van der Waals surface area contributed by atoms with Crippen LogP contribution in [0.1, 0.15) is 58.1 Å². The average molecular weight is 332 g/mol. The highest BCUT2D eigenvalue weighted by Gasteiger charge is 2.36. The molecular weight excluding hydrogens is 300 g/mol. The van der Waals surface area contributed by atoms with Gasteiger partial charge in [0, 0.05) is 19.1 Å². The summed E-state index contributed by atoms with van der Waals surface area (Å²) in [4.78, 5) is 14.6. The number of hydrogen-bond acceptors (Lipinski definition) is 3. The van der Waals surface area contributed by atoms with Crippen molar-refractivity contribution in [3.63, 3.8) is 0 Å². The number of nitrogens with zero attached hydrogens (tertiary/aromatic N) is 1. The minimum atomic E-state index is -0.487. The molecule has 0 aliphatic carbocycles. The van der Waals surface area contributed by atoms with Crippen molar-refractivity contribution in [2.45, 2.75) is 66.0 Å². The van der Waals surface area contributed by atoms with Gasteiger partial charge in [0.05, 0.1) is 0 Å². The zero-order chi connectivity index (χ0) is 18.1. The molecule has 0 bridgehead atoms. The van der Waals surface area contributed by atoms with Gasteiger partial charge in [-0.15, -0.1) is 0 Å². The summed E-state index contributed by atoms with van der Waals surface area (Å²) in [5.74, 6) is 1.28. The Morgan fingerprint density at radius 1 is 1.33 bits per heavy atom. The molecule has 1 aromatic rings. The number of benzene rings is 1. The van der Waals surface area contributed by atoms with Crippen molar-refractivity contribution < 1.29 is 9.53 Å². The summed E-state index contributed by atoms with van der Waals surface area (Å²) in [6, 6.07) is 6.22. The van der Waals surface area contributed by atoms with Gasteiger partial charge in [-0.3, -0.25) is 4.79 Å². The van der Waals surface area contributed by atoms with E-state index in [2.05, 4.69) is 40.7 Å². The van der Waals surface area contributed by atoms with E-state index in [1.807, 2.05) is 24.0 Å². The maximum atomic E-state index is 12.7. The number of hydrogen-bond donors (Lipinski definition) is 1. The van der Waals surface area contributed by atoms with Crippen LogP contribution < -0.4 is 10.5 Å². The molecule has 0 saturated carbocycles. The van der Waals surface area contributed by atoms with Gasteiger partial charge in [0.25, 0.3) is 5.91 Å². The third-order valence-corrected chi connectivity index (χ3v) is 5.15. The fourth-order valence-electron chi connectivity index (χ4n) is 3.44. The molecule has 134 valence electrons. The van der Waals surface area contributed by atoms with E-state index >= 15 is 0 Å². The van der Waals surface area contributed by atoms with Gasteiger partial charge >= 0.3 is 0 Å². The number of piperidine rings is 1. The van der Waals surface area contributed by atoms with Crippen molar-refractivity contribution in [1.29, 1.82) is 0 Å². The van der Waals surface area contributed by atoms with Crippen LogP contribution in [-0.2, 0) is 4.79 Å². The first-order valence-corrected chi connectivity index (χ1v) is 8.93. The Morgan fingerprint density at radius 3 is 2.54 bits per heavy atom. The van der Waals surface area contributed by atoms with Gasteiger partial charge in [0.15, 0.2) is 6.10 Å². The summed E-state index contributed by atoms with van der Waals surface area (Å²) in [6.45, 7) is 13.9. The van der Waals surface area contributed by atoms with Crippen molar-refractivity contribution in [2.24, 2.45) is 11.1 Å². The molecule has 1 amide bonds. The van der Waals surface area contributed by atoms with Gasteiger partial charge in [-0.2, -0.15) is 0 Å². The normalized spacial score (nSPS) is 21.7. The van der Waals surface area contributed by atoms with Gasteiger partial charge in [0.1, 0.15) is 5.75 Å². The molecular formula is C20H32N2O2. The summed E-state index contributed by atoms with van der Waals surface area (Å²) >= 11 is 0. The summed E-state index contributed by atoms with van der Waals surface area (Å²) in [6.07, 6.45) is 0.354. The molecule has 0 aromatic heterocycles. The highest BCUT2D eigenvalue weighted by Crippen LogP contribution is 2.29. The van der Waals surface area contributed by atoms with Crippen LogP contribution in [-0.4, -0.2) is 36.0 Å². The lowest BCUT2D eigenvalue weighted by Crippen LogP contribution is -2.56. The lowest BCUT2D eigenvalue weighted by atomic mass is 9.79. The topological polar surface area (TPSA) is 55.6 Å². The zero-order valence-corrected chi connectivity index (χ0v) is 15.9. The molecule has 1 saturated heterocycles. The first-order chi connectivity index (χ1) is 11.1. The standard InChI is InChI=1S/C20H32N2O2/c1-13(2)17-8-7-16(11-14(17)3)24-15(4)19(23)22-10-9-18(21)20(5,6)12-22/h7-8,11,13,15,18H,9-10,12,21H2,1-6H3. The van der Waals surface area contributed by atoms with Crippen molar-refractivity contribution in [3.8, 4) is 5.75 Å². The Balaban J connectivity index is 2.03. The summed E-state index contributed by atoms with van der Waals surface area (Å²) in [5, 5.41) is 0. The predicted molar refractivity (Wildman–Crippen MR) is 98.3 cm³/mol. The van der Waals surface area contributed by atoms with Crippen molar-refractivity contribution in [2.75, 3.05) is 13.1 Å². The molecule has 0 spiro atoms. The second kappa shape index (κ2) is 7.14. The monoisotopic (exact) mass is 332 g/mol. The molecule has 0 radical (unpaired) electrons. The van der Waals surface area contributed by atoms with Crippen LogP contribution in [0.15, 0.2) is 18.2 Å². The second-order valence-corrected chi connectivity index (χ2v) is 8.08. The van der Waals surface area contributed by atoms with Crippen LogP contribution in [0.5, 0.6) is 5.75 Å². The number of aryl methyl sites for hydroxylation is 1. The van der Waals surface area contributed by atoms with Gasteiger partial charge in [-0.1, -0.05) is 33.8 Å². The number of carbonyl (C=O) groups excluding carboxylic acids is 1. The highest BCUT2D eigenvalue weighted by molar-refractivity contribution is 5.81. The van der Waals surface area contributed by atoms with Gasteiger partial charge < -0.3 is 15.4 Å². The van der Waals surface area contributed by atoms with Crippen molar-refractivity contribution in [1.82, 2.24) is 4.90 Å². The van der Waals surface area contributed by atoms with Crippen LogP contribution in [0.3, 0.4) is 0 Å². The van der Waals surface area contributed by atoms with Gasteiger partial charge in [-0.25, -0.2) is 0 Å². The van der Waals surface area contributed by atoms with E-state index in [-0.39, 0.29) is 17.4 Å². The number of nitrogens with two attached hydrogens (primary N) is 1.